The SMILES string of the molecule is CC(O[Si](C)(C)C(C)(C)C)C(CCOc1cccc(-c2ccccc2)n1)n1cnc(C(N)=O)c1. The average molecular weight is 481 g/mol. The van der Waals surface area contributed by atoms with Crippen LogP contribution in [0.25, 0.3) is 11.3 Å². The number of nitrogens with zero attached hydrogens (tertiary/aromatic N) is 3. The fraction of sp³-hybridized carbons (Fsp3) is 0.423. The van der Waals surface area contributed by atoms with Gasteiger partial charge in [-0.2, -0.15) is 0 Å². The van der Waals surface area contributed by atoms with Crippen molar-refractivity contribution in [3.8, 4) is 17.1 Å². The van der Waals surface area contributed by atoms with Crippen LogP contribution in [-0.2, 0) is 4.43 Å². The Morgan fingerprint density at radius 2 is 1.82 bits per heavy atom. The van der Waals surface area contributed by atoms with Crippen molar-refractivity contribution in [2.24, 2.45) is 5.73 Å². The molecule has 1 aromatic carbocycles. The molecule has 0 saturated carbocycles. The van der Waals surface area contributed by atoms with Crippen LogP contribution < -0.4 is 10.5 Å². The largest absolute Gasteiger partial charge is 0.478 e. The van der Waals surface area contributed by atoms with Crippen LogP contribution in [0.15, 0.2) is 61.1 Å². The topological polar surface area (TPSA) is 92.3 Å². The lowest BCUT2D eigenvalue weighted by atomic mass is 10.1. The minimum atomic E-state index is -2.01. The molecule has 0 fully saturated rings. The van der Waals surface area contributed by atoms with E-state index < -0.39 is 14.2 Å². The third-order valence-corrected chi connectivity index (χ3v) is 11.1. The van der Waals surface area contributed by atoms with Gasteiger partial charge in [-0.05, 0) is 31.1 Å². The lowest BCUT2D eigenvalue weighted by Crippen LogP contribution is -2.45. The van der Waals surface area contributed by atoms with E-state index in [2.05, 4.69) is 50.8 Å². The maximum atomic E-state index is 11.6. The highest BCUT2D eigenvalue weighted by Crippen LogP contribution is 2.39. The summed E-state index contributed by atoms with van der Waals surface area (Å²) < 4.78 is 14.6. The van der Waals surface area contributed by atoms with Gasteiger partial charge in [0, 0.05) is 24.2 Å². The molecule has 1 amide bonds. The molecule has 0 radical (unpaired) electrons. The second-order valence-electron chi connectivity index (χ2n) is 10.1. The molecule has 182 valence electrons. The molecule has 2 atom stereocenters. The van der Waals surface area contributed by atoms with Gasteiger partial charge in [0.05, 0.1) is 30.8 Å². The number of aromatic nitrogens is 3. The molecule has 0 saturated heterocycles. The van der Waals surface area contributed by atoms with Crippen molar-refractivity contribution in [2.45, 2.75) is 64.4 Å². The first-order valence-electron chi connectivity index (χ1n) is 11.6. The lowest BCUT2D eigenvalue weighted by Gasteiger charge is -2.40. The number of hydrogen-bond donors (Lipinski definition) is 1. The number of benzene rings is 1. The lowest BCUT2D eigenvalue weighted by molar-refractivity contribution is 0.0994. The predicted molar refractivity (Wildman–Crippen MR) is 137 cm³/mol. The summed E-state index contributed by atoms with van der Waals surface area (Å²) in [6.45, 7) is 13.6. The number of amides is 1. The molecular weight excluding hydrogens is 444 g/mol. The van der Waals surface area contributed by atoms with Gasteiger partial charge in [0.2, 0.25) is 5.88 Å². The van der Waals surface area contributed by atoms with Gasteiger partial charge in [-0.1, -0.05) is 57.2 Å². The van der Waals surface area contributed by atoms with Crippen LogP contribution in [0.1, 0.15) is 50.6 Å². The molecule has 34 heavy (non-hydrogen) atoms. The number of rotatable bonds is 10. The van der Waals surface area contributed by atoms with Crippen molar-refractivity contribution >= 4 is 14.2 Å². The number of ether oxygens (including phenoxy) is 1. The summed E-state index contributed by atoms with van der Waals surface area (Å²) in [5.41, 5.74) is 7.57. The number of carbonyl (C=O) groups is 1. The summed E-state index contributed by atoms with van der Waals surface area (Å²) in [5, 5.41) is 0.0808. The average Bonchev–Trinajstić information content (AvgIpc) is 3.26. The zero-order chi connectivity index (χ0) is 24.9. The molecule has 7 nitrogen and oxygen atoms in total. The van der Waals surface area contributed by atoms with Crippen LogP contribution in [0.5, 0.6) is 5.88 Å². The maximum absolute atomic E-state index is 11.6. The minimum absolute atomic E-state index is 0.0768. The van der Waals surface area contributed by atoms with Gasteiger partial charge in [0.25, 0.3) is 5.91 Å². The number of hydrogen-bond acceptors (Lipinski definition) is 5. The normalized spacial score (nSPS) is 13.9. The Kier molecular flexibility index (Phi) is 7.94. The number of primary amides is 1. The Morgan fingerprint density at radius 1 is 1.12 bits per heavy atom. The van der Waals surface area contributed by atoms with E-state index in [0.717, 1.165) is 11.3 Å². The Bertz CT molecular complexity index is 1090. The van der Waals surface area contributed by atoms with Gasteiger partial charge < -0.3 is 19.5 Å². The predicted octanol–water partition coefficient (Wildman–Crippen LogP) is 5.46. The molecule has 2 unspecified atom stereocenters. The van der Waals surface area contributed by atoms with Crippen molar-refractivity contribution < 1.29 is 14.0 Å². The molecule has 0 spiro atoms. The second-order valence-corrected chi connectivity index (χ2v) is 14.8. The maximum Gasteiger partial charge on any atom is 0.268 e. The zero-order valence-corrected chi connectivity index (χ0v) is 22.0. The molecule has 0 bridgehead atoms. The molecule has 0 aliphatic heterocycles. The van der Waals surface area contributed by atoms with Crippen LogP contribution in [0.4, 0.5) is 0 Å². The van der Waals surface area contributed by atoms with Gasteiger partial charge in [-0.3, -0.25) is 4.79 Å². The third-order valence-electron chi connectivity index (χ3n) is 6.52. The first kappa shape index (κ1) is 25.6. The molecule has 3 rings (SSSR count). The number of carbonyl (C=O) groups excluding carboxylic acids is 1. The summed E-state index contributed by atoms with van der Waals surface area (Å²) in [6.07, 6.45) is 3.88. The Hall–Kier alpha value is -2.97. The van der Waals surface area contributed by atoms with E-state index in [9.17, 15) is 4.79 Å². The number of nitrogens with two attached hydrogens (primary N) is 1. The van der Waals surface area contributed by atoms with Crippen LogP contribution in [-0.4, -0.2) is 41.5 Å². The Morgan fingerprint density at radius 3 is 2.44 bits per heavy atom. The summed E-state index contributed by atoms with van der Waals surface area (Å²) >= 11 is 0. The van der Waals surface area contributed by atoms with Crippen molar-refractivity contribution in [2.75, 3.05) is 6.61 Å². The molecule has 2 heterocycles. The van der Waals surface area contributed by atoms with Gasteiger partial charge in [0.15, 0.2) is 8.32 Å². The third kappa shape index (κ3) is 6.33. The number of pyridine rings is 1. The summed E-state index contributed by atoms with van der Waals surface area (Å²) in [4.78, 5) is 20.4. The molecule has 0 aliphatic rings. The van der Waals surface area contributed by atoms with Gasteiger partial charge in [0.1, 0.15) is 5.69 Å². The van der Waals surface area contributed by atoms with Crippen molar-refractivity contribution in [1.82, 2.24) is 14.5 Å². The zero-order valence-electron chi connectivity index (χ0n) is 21.0. The van der Waals surface area contributed by atoms with Gasteiger partial charge in [-0.25, -0.2) is 9.97 Å². The van der Waals surface area contributed by atoms with E-state index >= 15 is 0 Å². The smallest absolute Gasteiger partial charge is 0.268 e. The quantitative estimate of drug-likeness (QED) is 0.389. The van der Waals surface area contributed by atoms with Crippen molar-refractivity contribution in [3.63, 3.8) is 0 Å². The monoisotopic (exact) mass is 480 g/mol. The van der Waals surface area contributed by atoms with Crippen LogP contribution in [0.2, 0.25) is 18.1 Å². The van der Waals surface area contributed by atoms with E-state index in [4.69, 9.17) is 14.9 Å². The Labute approximate surface area is 203 Å². The van der Waals surface area contributed by atoms with E-state index in [1.165, 1.54) is 0 Å². The molecule has 2 aromatic heterocycles. The molecule has 8 heteroatoms. The van der Waals surface area contributed by atoms with E-state index in [1.807, 2.05) is 53.1 Å². The van der Waals surface area contributed by atoms with Gasteiger partial charge >= 0.3 is 0 Å². The highest BCUT2D eigenvalue weighted by Gasteiger charge is 2.40. The molecule has 0 aliphatic carbocycles. The highest BCUT2D eigenvalue weighted by molar-refractivity contribution is 6.74. The summed E-state index contributed by atoms with van der Waals surface area (Å²) in [7, 11) is -2.01. The highest BCUT2D eigenvalue weighted by atomic mass is 28.4. The number of imidazole rings is 1. The second kappa shape index (κ2) is 10.5. The van der Waals surface area contributed by atoms with E-state index in [-0.39, 0.29) is 22.9 Å². The van der Waals surface area contributed by atoms with Crippen LogP contribution >= 0.6 is 0 Å². The van der Waals surface area contributed by atoms with Crippen LogP contribution in [0.3, 0.4) is 0 Å². The molecule has 3 aromatic rings. The standard InChI is InChI=1S/C26H36N4O3Si/c1-19(33-34(5,6)26(2,3)4)23(30-17-22(25(27)31)28-18-30)15-16-32-24-14-10-13-21(29-24)20-11-8-7-9-12-20/h7-14,17-19,23H,15-16H2,1-6H3,(H2,27,31). The molecule has 2 N–H and O–H groups in total. The van der Waals surface area contributed by atoms with E-state index in [1.54, 1.807) is 12.5 Å². The molecular formula is C26H36N4O3Si. The van der Waals surface area contributed by atoms with Crippen molar-refractivity contribution in [3.05, 3.63) is 66.7 Å². The van der Waals surface area contributed by atoms with E-state index in [0.29, 0.717) is 18.9 Å². The minimum Gasteiger partial charge on any atom is -0.478 e. The van der Waals surface area contributed by atoms with Gasteiger partial charge in [-0.15, -0.1) is 0 Å². The Balaban J connectivity index is 1.75. The fourth-order valence-electron chi connectivity index (χ4n) is 3.54. The first-order valence-corrected chi connectivity index (χ1v) is 14.5. The fourth-order valence-corrected chi connectivity index (χ4v) is 4.98. The van der Waals surface area contributed by atoms with Crippen LogP contribution in [0, 0.1) is 0 Å². The first-order chi connectivity index (χ1) is 16.0. The van der Waals surface area contributed by atoms with Crippen molar-refractivity contribution in [1.29, 1.82) is 0 Å². The summed E-state index contributed by atoms with van der Waals surface area (Å²) in [5.74, 6) is 0.0233. The summed E-state index contributed by atoms with van der Waals surface area (Å²) in [6, 6.07) is 15.7.